The zero-order valence-corrected chi connectivity index (χ0v) is 16.9. The number of benzene rings is 1. The summed E-state index contributed by atoms with van der Waals surface area (Å²) >= 11 is 1.56. The molecule has 6 nitrogen and oxygen atoms in total. The van der Waals surface area contributed by atoms with Crippen LogP contribution in [0.3, 0.4) is 0 Å². The van der Waals surface area contributed by atoms with Crippen LogP contribution in [-0.2, 0) is 16.1 Å². The second-order valence-electron chi connectivity index (χ2n) is 7.74. The monoisotopic (exact) mass is 398 g/mol. The van der Waals surface area contributed by atoms with E-state index in [4.69, 9.17) is 0 Å². The van der Waals surface area contributed by atoms with E-state index in [0.717, 1.165) is 31.5 Å². The summed E-state index contributed by atoms with van der Waals surface area (Å²) in [4.78, 5) is 32.4. The largest absolute Gasteiger partial charge is 0.338 e. The standard InChI is InChI=1S/C21H26N4O2S/c1-14-2-4-15(5-3-14)12-25-13-17(10-19(25)26)20(27)24-21-23-11-18(28-21)16-6-8-22-9-7-16/h2-5,11,16-17,22H,6-10,12-13H2,1H3,(H,23,24,27). The number of nitrogens with one attached hydrogen (secondary N) is 2. The van der Waals surface area contributed by atoms with Gasteiger partial charge in [-0.15, -0.1) is 11.3 Å². The number of hydrogen-bond donors (Lipinski definition) is 2. The number of piperidine rings is 1. The van der Waals surface area contributed by atoms with Crippen LogP contribution in [0, 0.1) is 12.8 Å². The zero-order valence-electron chi connectivity index (χ0n) is 16.1. The Balaban J connectivity index is 1.33. The van der Waals surface area contributed by atoms with Crippen LogP contribution in [0.2, 0.25) is 0 Å². The van der Waals surface area contributed by atoms with Crippen molar-refractivity contribution in [1.29, 1.82) is 0 Å². The summed E-state index contributed by atoms with van der Waals surface area (Å²) < 4.78 is 0. The molecule has 0 radical (unpaired) electrons. The van der Waals surface area contributed by atoms with Gasteiger partial charge in [0.15, 0.2) is 5.13 Å². The number of aryl methyl sites for hydroxylation is 1. The van der Waals surface area contributed by atoms with Gasteiger partial charge in [-0.2, -0.15) is 0 Å². The highest BCUT2D eigenvalue weighted by molar-refractivity contribution is 7.15. The fourth-order valence-electron chi connectivity index (χ4n) is 3.86. The van der Waals surface area contributed by atoms with Crippen molar-refractivity contribution in [3.05, 3.63) is 46.5 Å². The highest BCUT2D eigenvalue weighted by atomic mass is 32.1. The molecule has 2 fully saturated rings. The van der Waals surface area contributed by atoms with Crippen LogP contribution >= 0.6 is 11.3 Å². The number of carbonyl (C=O) groups is 2. The number of thiazole rings is 1. The normalized spacial score (nSPS) is 20.5. The minimum absolute atomic E-state index is 0.0373. The molecule has 2 N–H and O–H groups in total. The molecule has 1 atom stereocenters. The maximum absolute atomic E-state index is 12.7. The molecule has 0 spiro atoms. The van der Waals surface area contributed by atoms with Gasteiger partial charge in [0.1, 0.15) is 0 Å². The van der Waals surface area contributed by atoms with Crippen molar-refractivity contribution in [1.82, 2.24) is 15.2 Å². The van der Waals surface area contributed by atoms with Crippen molar-refractivity contribution >= 4 is 28.3 Å². The lowest BCUT2D eigenvalue weighted by molar-refractivity contribution is -0.128. The third-order valence-electron chi connectivity index (χ3n) is 5.57. The predicted octanol–water partition coefficient (Wildman–Crippen LogP) is 2.91. The average molecular weight is 399 g/mol. The molecule has 1 unspecified atom stereocenters. The molecule has 2 amide bonds. The van der Waals surface area contributed by atoms with E-state index in [1.54, 1.807) is 16.2 Å². The summed E-state index contributed by atoms with van der Waals surface area (Å²) in [5.41, 5.74) is 2.28. The van der Waals surface area contributed by atoms with Gasteiger partial charge in [0.2, 0.25) is 11.8 Å². The molecule has 0 aliphatic carbocycles. The lowest BCUT2D eigenvalue weighted by atomic mass is 9.97. The molecule has 0 saturated carbocycles. The van der Waals surface area contributed by atoms with Gasteiger partial charge in [-0.3, -0.25) is 9.59 Å². The molecule has 4 rings (SSSR count). The second-order valence-corrected chi connectivity index (χ2v) is 8.80. The topological polar surface area (TPSA) is 74.3 Å². The van der Waals surface area contributed by atoms with Crippen molar-refractivity contribution in [2.24, 2.45) is 5.92 Å². The minimum Gasteiger partial charge on any atom is -0.338 e. The first kappa shape index (κ1) is 19.1. The van der Waals surface area contributed by atoms with Crippen LogP contribution < -0.4 is 10.6 Å². The smallest absolute Gasteiger partial charge is 0.231 e. The summed E-state index contributed by atoms with van der Waals surface area (Å²) in [5, 5.41) is 6.94. The molecule has 1 aromatic heterocycles. The van der Waals surface area contributed by atoms with Gasteiger partial charge in [0.25, 0.3) is 0 Å². The number of carbonyl (C=O) groups excluding carboxylic acids is 2. The Kier molecular flexibility index (Phi) is 5.73. The first-order valence-electron chi connectivity index (χ1n) is 9.89. The molecule has 148 valence electrons. The minimum atomic E-state index is -0.316. The van der Waals surface area contributed by atoms with Gasteiger partial charge in [0, 0.05) is 30.6 Å². The van der Waals surface area contributed by atoms with Gasteiger partial charge in [0.05, 0.1) is 5.92 Å². The number of likely N-dealkylation sites (tertiary alicyclic amines) is 1. The van der Waals surface area contributed by atoms with Gasteiger partial charge in [-0.1, -0.05) is 29.8 Å². The van der Waals surface area contributed by atoms with Crippen molar-refractivity contribution in [3.63, 3.8) is 0 Å². The first-order chi connectivity index (χ1) is 13.6. The first-order valence-corrected chi connectivity index (χ1v) is 10.7. The second kappa shape index (κ2) is 8.41. The van der Waals surface area contributed by atoms with E-state index in [1.165, 1.54) is 10.4 Å². The van der Waals surface area contributed by atoms with Crippen molar-refractivity contribution in [2.45, 2.75) is 38.6 Å². The molecule has 0 bridgehead atoms. The van der Waals surface area contributed by atoms with Gasteiger partial charge >= 0.3 is 0 Å². The highest BCUT2D eigenvalue weighted by Crippen LogP contribution is 2.32. The summed E-state index contributed by atoms with van der Waals surface area (Å²) in [5.74, 6) is 0.146. The molecule has 2 aliphatic rings. The Hall–Kier alpha value is -2.25. The Morgan fingerprint density at radius 3 is 2.79 bits per heavy atom. The number of nitrogens with zero attached hydrogens (tertiary/aromatic N) is 2. The average Bonchev–Trinajstić information content (AvgIpc) is 3.31. The molecule has 7 heteroatoms. The quantitative estimate of drug-likeness (QED) is 0.812. The van der Waals surface area contributed by atoms with E-state index in [1.807, 2.05) is 37.4 Å². The lowest BCUT2D eigenvalue weighted by Crippen LogP contribution is -2.28. The molecular weight excluding hydrogens is 372 g/mol. The summed E-state index contributed by atoms with van der Waals surface area (Å²) in [6, 6.07) is 8.16. The molecule has 3 heterocycles. The fourth-order valence-corrected chi connectivity index (χ4v) is 4.85. The SMILES string of the molecule is Cc1ccc(CN2CC(C(=O)Nc3ncc(C4CCNCC4)s3)CC2=O)cc1. The molecular formula is C21H26N4O2S. The molecule has 2 aromatic rings. The van der Waals surface area contributed by atoms with Crippen LogP contribution in [0.25, 0.3) is 0 Å². The van der Waals surface area contributed by atoms with E-state index < -0.39 is 0 Å². The van der Waals surface area contributed by atoms with Crippen LogP contribution in [0.4, 0.5) is 5.13 Å². The van der Waals surface area contributed by atoms with Crippen LogP contribution in [0.1, 0.15) is 41.2 Å². The maximum atomic E-state index is 12.7. The Morgan fingerprint density at radius 1 is 1.29 bits per heavy atom. The zero-order chi connectivity index (χ0) is 19.5. The highest BCUT2D eigenvalue weighted by Gasteiger charge is 2.34. The van der Waals surface area contributed by atoms with E-state index in [-0.39, 0.29) is 24.2 Å². The van der Waals surface area contributed by atoms with Gasteiger partial charge < -0.3 is 15.5 Å². The Morgan fingerprint density at radius 2 is 2.04 bits per heavy atom. The van der Waals surface area contributed by atoms with Crippen LogP contribution in [0.5, 0.6) is 0 Å². The number of anilines is 1. The number of aromatic nitrogens is 1. The maximum Gasteiger partial charge on any atom is 0.231 e. The predicted molar refractivity (Wildman–Crippen MR) is 110 cm³/mol. The third-order valence-corrected chi connectivity index (χ3v) is 6.65. The van der Waals surface area contributed by atoms with Crippen molar-refractivity contribution in [3.8, 4) is 0 Å². The number of hydrogen-bond acceptors (Lipinski definition) is 5. The molecule has 1 aromatic carbocycles. The Labute approximate surface area is 169 Å². The van der Waals surface area contributed by atoms with Crippen molar-refractivity contribution in [2.75, 3.05) is 25.0 Å². The van der Waals surface area contributed by atoms with Gasteiger partial charge in [-0.05, 0) is 44.3 Å². The summed E-state index contributed by atoms with van der Waals surface area (Å²) in [7, 11) is 0. The number of rotatable bonds is 5. The lowest BCUT2D eigenvalue weighted by Gasteiger charge is -2.20. The summed E-state index contributed by atoms with van der Waals surface area (Å²) in [6.45, 7) is 5.13. The molecule has 28 heavy (non-hydrogen) atoms. The van der Waals surface area contributed by atoms with E-state index in [0.29, 0.717) is 24.1 Å². The van der Waals surface area contributed by atoms with E-state index >= 15 is 0 Å². The molecule has 2 aliphatic heterocycles. The number of amides is 2. The fraction of sp³-hybridized carbons (Fsp3) is 0.476. The summed E-state index contributed by atoms with van der Waals surface area (Å²) in [6.07, 6.45) is 4.38. The van der Waals surface area contributed by atoms with Gasteiger partial charge in [-0.25, -0.2) is 4.98 Å². The van der Waals surface area contributed by atoms with Crippen LogP contribution in [0.15, 0.2) is 30.5 Å². The van der Waals surface area contributed by atoms with Crippen LogP contribution in [-0.4, -0.2) is 41.3 Å². The van der Waals surface area contributed by atoms with E-state index in [9.17, 15) is 9.59 Å². The van der Waals surface area contributed by atoms with Crippen molar-refractivity contribution < 1.29 is 9.59 Å². The Bertz CT molecular complexity index is 842. The van der Waals surface area contributed by atoms with E-state index in [2.05, 4.69) is 15.6 Å². The third kappa shape index (κ3) is 4.42. The molecule has 2 saturated heterocycles.